The molecule has 6 nitrogen and oxygen atoms in total. The highest BCUT2D eigenvalue weighted by atomic mass is 16.5. The molecule has 1 atom stereocenters. The largest absolute Gasteiger partial charge is 0.486 e. The second kappa shape index (κ2) is 7.88. The van der Waals surface area contributed by atoms with E-state index in [4.69, 9.17) is 9.15 Å². The molecule has 0 spiro atoms. The molecule has 1 fully saturated rings. The van der Waals surface area contributed by atoms with Gasteiger partial charge in [0, 0.05) is 13.6 Å². The third kappa shape index (κ3) is 4.02. The molecule has 0 radical (unpaired) electrons. The van der Waals surface area contributed by atoms with Gasteiger partial charge in [0.05, 0.1) is 0 Å². The molecule has 25 heavy (non-hydrogen) atoms. The van der Waals surface area contributed by atoms with Gasteiger partial charge in [-0.1, -0.05) is 18.2 Å². The molecule has 1 aliphatic rings. The van der Waals surface area contributed by atoms with E-state index in [1.165, 1.54) is 0 Å². The number of piperidine rings is 1. The van der Waals surface area contributed by atoms with Crippen molar-refractivity contribution in [1.29, 1.82) is 0 Å². The number of hydrogen-bond donors (Lipinski definition) is 1. The molecule has 2 aromatic rings. The van der Waals surface area contributed by atoms with Crippen LogP contribution in [0, 0.1) is 0 Å². The van der Waals surface area contributed by atoms with Gasteiger partial charge in [-0.3, -0.25) is 9.59 Å². The Labute approximate surface area is 146 Å². The molecule has 1 N–H and O–H groups in total. The van der Waals surface area contributed by atoms with Crippen LogP contribution in [-0.4, -0.2) is 36.3 Å². The number of para-hydroxylation sites is 1. The highest BCUT2D eigenvalue weighted by molar-refractivity contribution is 5.95. The van der Waals surface area contributed by atoms with Crippen LogP contribution in [0.1, 0.15) is 35.6 Å². The van der Waals surface area contributed by atoms with E-state index >= 15 is 0 Å². The fourth-order valence-electron chi connectivity index (χ4n) is 3.00. The summed E-state index contributed by atoms with van der Waals surface area (Å²) in [4.78, 5) is 26.4. The van der Waals surface area contributed by atoms with Crippen molar-refractivity contribution in [2.75, 3.05) is 13.6 Å². The van der Waals surface area contributed by atoms with Crippen LogP contribution in [0.4, 0.5) is 0 Å². The summed E-state index contributed by atoms with van der Waals surface area (Å²) in [5.74, 6) is 1.16. The molecular weight excluding hydrogens is 320 g/mol. The first-order valence-electron chi connectivity index (χ1n) is 8.48. The monoisotopic (exact) mass is 342 g/mol. The lowest BCUT2D eigenvalue weighted by Gasteiger charge is -2.33. The Morgan fingerprint density at radius 3 is 2.76 bits per heavy atom. The number of rotatable bonds is 5. The first kappa shape index (κ1) is 17.1. The molecule has 132 valence electrons. The van der Waals surface area contributed by atoms with E-state index in [1.54, 1.807) is 24.1 Å². The summed E-state index contributed by atoms with van der Waals surface area (Å²) in [6.07, 6.45) is 2.51. The summed E-state index contributed by atoms with van der Waals surface area (Å²) in [5, 5.41) is 2.63. The molecule has 1 aromatic carbocycles. The predicted octanol–water partition coefficient (Wildman–Crippen LogP) is 2.60. The zero-order valence-corrected chi connectivity index (χ0v) is 14.2. The quantitative estimate of drug-likeness (QED) is 0.907. The fourth-order valence-corrected chi connectivity index (χ4v) is 3.00. The maximum absolute atomic E-state index is 12.7. The molecule has 0 bridgehead atoms. The molecule has 0 saturated carbocycles. The van der Waals surface area contributed by atoms with Gasteiger partial charge in [0.2, 0.25) is 5.91 Å². The lowest BCUT2D eigenvalue weighted by atomic mass is 10.0. The van der Waals surface area contributed by atoms with Crippen LogP contribution in [0.5, 0.6) is 5.75 Å². The normalized spacial score (nSPS) is 17.2. The average molecular weight is 342 g/mol. The Bertz CT molecular complexity index is 726. The number of amides is 2. The lowest BCUT2D eigenvalue weighted by molar-refractivity contribution is -0.126. The van der Waals surface area contributed by atoms with Crippen LogP contribution < -0.4 is 10.1 Å². The van der Waals surface area contributed by atoms with Crippen molar-refractivity contribution >= 4 is 11.8 Å². The SMILES string of the molecule is CNC(=O)[C@@H]1CCCCN1C(=O)c1ccc(COc2ccccc2)o1. The van der Waals surface area contributed by atoms with Gasteiger partial charge in [0.25, 0.3) is 5.91 Å². The molecule has 1 aromatic heterocycles. The third-order valence-corrected chi connectivity index (χ3v) is 4.31. The van der Waals surface area contributed by atoms with Crippen molar-refractivity contribution in [1.82, 2.24) is 10.2 Å². The summed E-state index contributed by atoms with van der Waals surface area (Å²) in [7, 11) is 1.59. The van der Waals surface area contributed by atoms with E-state index < -0.39 is 6.04 Å². The highest BCUT2D eigenvalue weighted by Gasteiger charge is 2.33. The van der Waals surface area contributed by atoms with Crippen LogP contribution in [0.25, 0.3) is 0 Å². The minimum Gasteiger partial charge on any atom is -0.486 e. The predicted molar refractivity (Wildman–Crippen MR) is 92.2 cm³/mol. The van der Waals surface area contributed by atoms with Crippen LogP contribution in [0.3, 0.4) is 0 Å². The first-order valence-corrected chi connectivity index (χ1v) is 8.48. The van der Waals surface area contributed by atoms with Gasteiger partial charge in [-0.05, 0) is 43.5 Å². The Balaban J connectivity index is 1.66. The van der Waals surface area contributed by atoms with Gasteiger partial charge < -0.3 is 19.4 Å². The number of hydrogen-bond acceptors (Lipinski definition) is 4. The second-order valence-electron chi connectivity index (χ2n) is 5.99. The van der Waals surface area contributed by atoms with Gasteiger partial charge in [-0.15, -0.1) is 0 Å². The molecule has 0 aliphatic carbocycles. The molecule has 6 heteroatoms. The van der Waals surface area contributed by atoms with Crippen LogP contribution in [0.15, 0.2) is 46.9 Å². The van der Waals surface area contributed by atoms with E-state index in [0.29, 0.717) is 18.7 Å². The van der Waals surface area contributed by atoms with Gasteiger partial charge >= 0.3 is 0 Å². The molecule has 1 aliphatic heterocycles. The van der Waals surface area contributed by atoms with Crippen molar-refractivity contribution in [3.8, 4) is 5.75 Å². The Morgan fingerprint density at radius 1 is 1.20 bits per heavy atom. The molecule has 2 amide bonds. The van der Waals surface area contributed by atoms with Crippen molar-refractivity contribution in [3.05, 3.63) is 54.0 Å². The van der Waals surface area contributed by atoms with Gasteiger partial charge in [0.15, 0.2) is 5.76 Å². The summed E-state index contributed by atoms with van der Waals surface area (Å²) in [6, 6.07) is 12.4. The number of carbonyl (C=O) groups excluding carboxylic acids is 2. The summed E-state index contributed by atoms with van der Waals surface area (Å²) in [5.41, 5.74) is 0. The number of likely N-dealkylation sites (tertiary alicyclic amines) is 1. The topological polar surface area (TPSA) is 71.8 Å². The molecule has 2 heterocycles. The Morgan fingerprint density at radius 2 is 2.00 bits per heavy atom. The third-order valence-electron chi connectivity index (χ3n) is 4.31. The number of benzene rings is 1. The Kier molecular flexibility index (Phi) is 5.38. The highest BCUT2D eigenvalue weighted by Crippen LogP contribution is 2.21. The molecule has 3 rings (SSSR count). The van der Waals surface area contributed by atoms with E-state index in [-0.39, 0.29) is 24.2 Å². The van der Waals surface area contributed by atoms with Gasteiger partial charge in [-0.25, -0.2) is 0 Å². The van der Waals surface area contributed by atoms with Crippen molar-refractivity contribution in [2.24, 2.45) is 0 Å². The van der Waals surface area contributed by atoms with Crippen LogP contribution in [-0.2, 0) is 11.4 Å². The number of furan rings is 1. The Hall–Kier alpha value is -2.76. The summed E-state index contributed by atoms with van der Waals surface area (Å²) < 4.78 is 11.3. The van der Waals surface area contributed by atoms with E-state index in [2.05, 4.69) is 5.32 Å². The van der Waals surface area contributed by atoms with E-state index in [1.807, 2.05) is 30.3 Å². The number of nitrogens with zero attached hydrogens (tertiary/aromatic N) is 1. The number of ether oxygens (including phenoxy) is 1. The smallest absolute Gasteiger partial charge is 0.290 e. The molecule has 1 saturated heterocycles. The van der Waals surface area contributed by atoms with Crippen molar-refractivity contribution in [3.63, 3.8) is 0 Å². The molecule has 0 unspecified atom stereocenters. The zero-order chi connectivity index (χ0) is 17.6. The molecular formula is C19H22N2O4. The van der Waals surface area contributed by atoms with E-state index in [9.17, 15) is 9.59 Å². The van der Waals surface area contributed by atoms with Gasteiger partial charge in [-0.2, -0.15) is 0 Å². The maximum atomic E-state index is 12.7. The van der Waals surface area contributed by atoms with Crippen LogP contribution >= 0.6 is 0 Å². The fraction of sp³-hybridized carbons (Fsp3) is 0.368. The van der Waals surface area contributed by atoms with E-state index in [0.717, 1.165) is 18.6 Å². The summed E-state index contributed by atoms with van der Waals surface area (Å²) >= 11 is 0. The zero-order valence-electron chi connectivity index (χ0n) is 14.2. The summed E-state index contributed by atoms with van der Waals surface area (Å²) in [6.45, 7) is 0.809. The minimum atomic E-state index is -0.430. The lowest BCUT2D eigenvalue weighted by Crippen LogP contribution is -2.51. The first-order chi connectivity index (χ1) is 12.2. The van der Waals surface area contributed by atoms with Crippen LogP contribution in [0.2, 0.25) is 0 Å². The second-order valence-corrected chi connectivity index (χ2v) is 5.99. The minimum absolute atomic E-state index is 0.132. The standard InChI is InChI=1S/C19H22N2O4/c1-20-18(22)16-9-5-6-12-21(16)19(23)17-11-10-15(25-17)13-24-14-7-3-2-4-8-14/h2-4,7-8,10-11,16H,5-6,9,12-13H2,1H3,(H,20,22)/t16-/m0/s1. The van der Waals surface area contributed by atoms with Gasteiger partial charge in [0.1, 0.15) is 24.2 Å². The average Bonchev–Trinajstić information content (AvgIpc) is 3.15. The number of likely N-dealkylation sites (N-methyl/N-ethyl adjacent to an activating group) is 1. The maximum Gasteiger partial charge on any atom is 0.290 e. The van der Waals surface area contributed by atoms with Crippen molar-refractivity contribution < 1.29 is 18.7 Å². The number of nitrogens with one attached hydrogen (secondary N) is 1. The van der Waals surface area contributed by atoms with Crippen molar-refractivity contribution in [2.45, 2.75) is 31.9 Å². The number of carbonyl (C=O) groups is 2.